The highest BCUT2D eigenvalue weighted by molar-refractivity contribution is 5.94. The molecule has 1 aromatic rings. The van der Waals surface area contributed by atoms with Crippen molar-refractivity contribution in [3.05, 3.63) is 47.5 Å². The standard InChI is InChI=1S/C27H37NO2/c1-26-16-7-6-10-20(26)11-12-21-22-13-14-24(27(22,2)17-15-23(21)26)25(29)28-30-18-19-8-4-3-5-9-19/h3-5,8-9,14,20-23H,6-7,10-13,15-18H2,1-2H3,(H,28,29)/t20?,21-,22-,23-,26-,27-/m0/s1. The molecule has 0 heterocycles. The van der Waals surface area contributed by atoms with Gasteiger partial charge in [-0.3, -0.25) is 9.63 Å². The maximum Gasteiger partial charge on any atom is 0.271 e. The third-order valence-corrected chi connectivity index (χ3v) is 9.66. The quantitative estimate of drug-likeness (QED) is 0.603. The summed E-state index contributed by atoms with van der Waals surface area (Å²) >= 11 is 0. The zero-order chi connectivity index (χ0) is 20.8. The predicted molar refractivity (Wildman–Crippen MR) is 119 cm³/mol. The lowest BCUT2D eigenvalue weighted by atomic mass is 9.45. The maximum absolute atomic E-state index is 13.0. The molecule has 0 spiro atoms. The lowest BCUT2D eigenvalue weighted by Gasteiger charge is -2.60. The molecule has 162 valence electrons. The van der Waals surface area contributed by atoms with Crippen molar-refractivity contribution in [1.82, 2.24) is 5.48 Å². The van der Waals surface area contributed by atoms with Crippen LogP contribution >= 0.6 is 0 Å². The molecular formula is C27H37NO2. The minimum Gasteiger partial charge on any atom is -0.269 e. The van der Waals surface area contributed by atoms with E-state index in [2.05, 4.69) is 25.4 Å². The van der Waals surface area contributed by atoms with Crippen molar-refractivity contribution >= 4 is 5.91 Å². The van der Waals surface area contributed by atoms with Gasteiger partial charge < -0.3 is 0 Å². The highest BCUT2D eigenvalue weighted by Gasteiger charge is 2.58. The van der Waals surface area contributed by atoms with Gasteiger partial charge in [-0.15, -0.1) is 0 Å². The second kappa shape index (κ2) is 7.82. The summed E-state index contributed by atoms with van der Waals surface area (Å²) in [5.74, 6) is 3.20. The third-order valence-electron chi connectivity index (χ3n) is 9.66. The first-order chi connectivity index (χ1) is 14.5. The molecule has 1 amide bonds. The summed E-state index contributed by atoms with van der Waals surface area (Å²) in [5, 5.41) is 0. The Balaban J connectivity index is 1.26. The second-order valence-electron chi connectivity index (χ2n) is 10.9. The minimum absolute atomic E-state index is 0.0131. The number of carbonyl (C=O) groups excluding carboxylic acids is 1. The van der Waals surface area contributed by atoms with E-state index in [1.165, 1.54) is 44.9 Å². The topological polar surface area (TPSA) is 38.3 Å². The van der Waals surface area contributed by atoms with E-state index in [-0.39, 0.29) is 11.3 Å². The summed E-state index contributed by atoms with van der Waals surface area (Å²) in [6.07, 6.45) is 14.3. The number of amides is 1. The first kappa shape index (κ1) is 20.3. The first-order valence-corrected chi connectivity index (χ1v) is 12.2. The van der Waals surface area contributed by atoms with Crippen LogP contribution in [0.15, 0.2) is 42.0 Å². The highest BCUT2D eigenvalue weighted by atomic mass is 16.6. The normalized spacial score (nSPS) is 40.0. The van der Waals surface area contributed by atoms with Crippen LogP contribution in [-0.4, -0.2) is 5.91 Å². The van der Waals surface area contributed by atoms with E-state index >= 15 is 0 Å². The Kier molecular flexibility index (Phi) is 5.29. The number of hydrogen-bond acceptors (Lipinski definition) is 2. The fourth-order valence-electron chi connectivity index (χ4n) is 8.03. The number of rotatable bonds is 4. The van der Waals surface area contributed by atoms with Crippen LogP contribution < -0.4 is 5.48 Å². The van der Waals surface area contributed by atoms with E-state index in [1.807, 2.05) is 30.3 Å². The fraction of sp³-hybridized carbons (Fsp3) is 0.667. The molecule has 3 saturated carbocycles. The Morgan fingerprint density at radius 1 is 1.03 bits per heavy atom. The molecule has 0 radical (unpaired) electrons. The molecule has 30 heavy (non-hydrogen) atoms. The van der Waals surface area contributed by atoms with Crippen molar-refractivity contribution in [2.45, 2.75) is 78.2 Å². The average Bonchev–Trinajstić information content (AvgIpc) is 3.11. The van der Waals surface area contributed by atoms with Gasteiger partial charge in [-0.25, -0.2) is 5.48 Å². The van der Waals surface area contributed by atoms with Crippen LogP contribution in [0, 0.1) is 34.5 Å². The zero-order valence-corrected chi connectivity index (χ0v) is 18.7. The van der Waals surface area contributed by atoms with Crippen molar-refractivity contribution in [2.24, 2.45) is 34.5 Å². The predicted octanol–water partition coefficient (Wildman–Crippen LogP) is 6.20. The van der Waals surface area contributed by atoms with E-state index in [1.54, 1.807) is 0 Å². The molecule has 3 fully saturated rings. The van der Waals surface area contributed by atoms with Gasteiger partial charge in [0.05, 0.1) is 6.61 Å². The molecule has 1 aromatic carbocycles. The average molecular weight is 408 g/mol. The molecule has 0 saturated heterocycles. The van der Waals surface area contributed by atoms with Gasteiger partial charge in [0.2, 0.25) is 0 Å². The van der Waals surface area contributed by atoms with Crippen LogP contribution in [0.2, 0.25) is 0 Å². The van der Waals surface area contributed by atoms with E-state index in [9.17, 15) is 4.79 Å². The SMILES string of the molecule is C[C@]12CCCCC1CC[C@@H]1[C@@H]2CC[C@]2(C)C(C(=O)NOCc3ccccc3)=CC[C@@H]12. The Hall–Kier alpha value is -1.61. The molecule has 0 aliphatic heterocycles. The summed E-state index contributed by atoms with van der Waals surface area (Å²) in [5.41, 5.74) is 5.36. The van der Waals surface area contributed by atoms with Gasteiger partial charge in [-0.05, 0) is 79.6 Å². The summed E-state index contributed by atoms with van der Waals surface area (Å²) in [7, 11) is 0. The van der Waals surface area contributed by atoms with Crippen molar-refractivity contribution in [1.29, 1.82) is 0 Å². The molecule has 3 nitrogen and oxygen atoms in total. The van der Waals surface area contributed by atoms with Crippen LogP contribution in [0.4, 0.5) is 0 Å². The van der Waals surface area contributed by atoms with E-state index < -0.39 is 0 Å². The van der Waals surface area contributed by atoms with Gasteiger partial charge in [0.1, 0.15) is 0 Å². The smallest absolute Gasteiger partial charge is 0.269 e. The van der Waals surface area contributed by atoms with E-state index in [0.717, 1.165) is 41.7 Å². The fourth-order valence-corrected chi connectivity index (χ4v) is 8.03. The number of benzene rings is 1. The van der Waals surface area contributed by atoms with E-state index in [4.69, 9.17) is 4.84 Å². The summed E-state index contributed by atoms with van der Waals surface area (Å²) in [6, 6.07) is 10.0. The third kappa shape index (κ3) is 3.25. The van der Waals surface area contributed by atoms with Crippen molar-refractivity contribution in [3.63, 3.8) is 0 Å². The van der Waals surface area contributed by atoms with E-state index in [0.29, 0.717) is 17.9 Å². The molecule has 4 aliphatic carbocycles. The van der Waals surface area contributed by atoms with Crippen LogP contribution in [0.25, 0.3) is 0 Å². The summed E-state index contributed by atoms with van der Waals surface area (Å²) < 4.78 is 0. The number of nitrogens with one attached hydrogen (secondary N) is 1. The van der Waals surface area contributed by atoms with Gasteiger partial charge in [0, 0.05) is 11.0 Å². The van der Waals surface area contributed by atoms with Crippen molar-refractivity contribution < 1.29 is 9.63 Å². The molecule has 0 aromatic heterocycles. The summed E-state index contributed by atoms with van der Waals surface area (Å²) in [6.45, 7) is 5.38. The Morgan fingerprint density at radius 2 is 1.87 bits per heavy atom. The highest BCUT2D eigenvalue weighted by Crippen LogP contribution is 2.66. The number of carbonyl (C=O) groups is 1. The molecular weight excluding hydrogens is 370 g/mol. The van der Waals surface area contributed by atoms with Crippen molar-refractivity contribution in [2.75, 3.05) is 0 Å². The van der Waals surface area contributed by atoms with Crippen molar-refractivity contribution in [3.8, 4) is 0 Å². The van der Waals surface area contributed by atoms with Gasteiger partial charge >= 0.3 is 0 Å². The minimum atomic E-state index is -0.0213. The molecule has 1 unspecified atom stereocenters. The van der Waals surface area contributed by atoms with Gasteiger partial charge in [0.25, 0.3) is 5.91 Å². The van der Waals surface area contributed by atoms with Gasteiger partial charge in [0.15, 0.2) is 0 Å². The Morgan fingerprint density at radius 3 is 2.70 bits per heavy atom. The number of hydroxylamine groups is 1. The zero-order valence-electron chi connectivity index (χ0n) is 18.7. The molecule has 5 rings (SSSR count). The van der Waals surface area contributed by atoms with Crippen LogP contribution in [0.3, 0.4) is 0 Å². The number of hydrogen-bond donors (Lipinski definition) is 1. The second-order valence-corrected chi connectivity index (χ2v) is 10.9. The first-order valence-electron chi connectivity index (χ1n) is 12.2. The van der Waals surface area contributed by atoms with Crippen LogP contribution in [0.1, 0.15) is 77.2 Å². The Bertz CT molecular complexity index is 817. The largest absolute Gasteiger partial charge is 0.271 e. The maximum atomic E-state index is 13.0. The number of allylic oxidation sites excluding steroid dienone is 1. The monoisotopic (exact) mass is 407 g/mol. The Labute approximate surface area is 181 Å². The molecule has 1 N–H and O–H groups in total. The molecule has 3 heteroatoms. The van der Waals surface area contributed by atoms with Gasteiger partial charge in [-0.2, -0.15) is 0 Å². The molecule has 6 atom stereocenters. The van der Waals surface area contributed by atoms with Crippen LogP contribution in [-0.2, 0) is 16.2 Å². The molecule has 4 aliphatic rings. The van der Waals surface area contributed by atoms with Crippen LogP contribution in [0.5, 0.6) is 0 Å². The van der Waals surface area contributed by atoms with Gasteiger partial charge in [-0.1, -0.05) is 63.1 Å². The lowest BCUT2D eigenvalue weighted by Crippen LogP contribution is -2.53. The lowest BCUT2D eigenvalue weighted by molar-refractivity contribution is -0.134. The number of fused-ring (bicyclic) bond motifs is 5. The summed E-state index contributed by atoms with van der Waals surface area (Å²) in [4.78, 5) is 18.6. The molecule has 0 bridgehead atoms.